The van der Waals surface area contributed by atoms with Crippen LogP contribution >= 0.6 is 15.8 Å². The Kier molecular flexibility index (Phi) is 8.28. The van der Waals surface area contributed by atoms with Crippen molar-refractivity contribution in [2.24, 2.45) is 0 Å². The minimum Gasteiger partial charge on any atom is -0.417 e. The second-order valence-electron chi connectivity index (χ2n) is 8.49. The molecule has 4 rings (SSSR count). The summed E-state index contributed by atoms with van der Waals surface area (Å²) < 4.78 is 6.71. The summed E-state index contributed by atoms with van der Waals surface area (Å²) in [6, 6.07) is 44.6. The van der Waals surface area contributed by atoms with Crippen LogP contribution in [-0.4, -0.2) is 19.9 Å². The van der Waals surface area contributed by atoms with Crippen LogP contribution in [0.2, 0.25) is 13.1 Å². The van der Waals surface area contributed by atoms with Crippen molar-refractivity contribution in [3.05, 3.63) is 121 Å². The molecular formula is C29H32OP2Si. The highest BCUT2D eigenvalue weighted by Crippen LogP contribution is 2.59. The van der Waals surface area contributed by atoms with E-state index in [4.69, 9.17) is 4.43 Å². The van der Waals surface area contributed by atoms with Gasteiger partial charge in [-0.05, 0) is 57.1 Å². The molecule has 4 aromatic carbocycles. The van der Waals surface area contributed by atoms with E-state index in [9.17, 15) is 0 Å². The second kappa shape index (κ2) is 11.4. The first-order valence-corrected chi connectivity index (χ1v) is 17.3. The normalized spacial score (nSPS) is 11.9. The summed E-state index contributed by atoms with van der Waals surface area (Å²) in [5, 5.41) is 6.16. The van der Waals surface area contributed by atoms with E-state index >= 15 is 0 Å². The van der Waals surface area contributed by atoms with Crippen molar-refractivity contribution >= 4 is 45.4 Å². The number of benzene rings is 4. The highest BCUT2D eigenvalue weighted by Gasteiger charge is 2.46. The lowest BCUT2D eigenvalue weighted by molar-refractivity contribution is 0.332. The van der Waals surface area contributed by atoms with Crippen LogP contribution in [0.5, 0.6) is 0 Å². The van der Waals surface area contributed by atoms with Crippen molar-refractivity contribution in [1.82, 2.24) is 0 Å². The van der Waals surface area contributed by atoms with Gasteiger partial charge in [-0.2, -0.15) is 0 Å². The molecule has 0 N–H and O–H groups in total. The van der Waals surface area contributed by atoms with Crippen molar-refractivity contribution in [1.29, 1.82) is 0 Å². The highest BCUT2D eigenvalue weighted by molar-refractivity contribution is 7.92. The molecule has 0 amide bonds. The Bertz CT molecular complexity index is 943. The zero-order valence-electron chi connectivity index (χ0n) is 19.6. The van der Waals surface area contributed by atoms with Crippen LogP contribution in [-0.2, 0) is 4.43 Å². The topological polar surface area (TPSA) is 9.23 Å². The summed E-state index contributed by atoms with van der Waals surface area (Å²) in [7, 11) is -3.40. The van der Waals surface area contributed by atoms with Crippen molar-refractivity contribution in [3.63, 3.8) is 0 Å². The number of hydrogen-bond acceptors (Lipinski definition) is 1. The van der Waals surface area contributed by atoms with E-state index in [0.717, 1.165) is 6.61 Å². The lowest BCUT2D eigenvalue weighted by atomic mass is 10.4. The van der Waals surface area contributed by atoms with Crippen LogP contribution in [0.1, 0.15) is 6.92 Å². The van der Waals surface area contributed by atoms with Gasteiger partial charge in [0, 0.05) is 11.6 Å². The molecule has 0 heterocycles. The van der Waals surface area contributed by atoms with E-state index in [2.05, 4.69) is 141 Å². The van der Waals surface area contributed by atoms with Gasteiger partial charge in [0.1, 0.15) is 0 Å². The van der Waals surface area contributed by atoms with Crippen LogP contribution < -0.4 is 21.2 Å². The third-order valence-electron chi connectivity index (χ3n) is 5.76. The van der Waals surface area contributed by atoms with Crippen molar-refractivity contribution in [2.45, 2.75) is 25.0 Å². The molecule has 4 heteroatoms. The number of rotatable bonds is 9. The van der Waals surface area contributed by atoms with Gasteiger partial charge >= 0.3 is 0 Å². The fourth-order valence-corrected chi connectivity index (χ4v) is 18.7. The van der Waals surface area contributed by atoms with Gasteiger partial charge in [0.15, 0.2) is 8.32 Å². The van der Waals surface area contributed by atoms with Gasteiger partial charge < -0.3 is 4.43 Å². The molecule has 0 aliphatic rings. The summed E-state index contributed by atoms with van der Waals surface area (Å²) in [6.07, 6.45) is 0. The van der Waals surface area contributed by atoms with Crippen LogP contribution in [0.15, 0.2) is 121 Å². The average molecular weight is 487 g/mol. The molecule has 0 atom stereocenters. The minimum atomic E-state index is -2.13. The molecule has 0 fully saturated rings. The van der Waals surface area contributed by atoms with E-state index in [0.29, 0.717) is 5.02 Å². The van der Waals surface area contributed by atoms with Gasteiger partial charge in [0.05, 0.1) is 0 Å². The van der Waals surface area contributed by atoms with E-state index in [1.165, 1.54) is 21.2 Å². The second-order valence-corrected chi connectivity index (χ2v) is 18.5. The van der Waals surface area contributed by atoms with Crippen LogP contribution in [0.3, 0.4) is 0 Å². The van der Waals surface area contributed by atoms with Crippen molar-refractivity contribution in [2.75, 3.05) is 6.61 Å². The molecule has 0 aromatic heterocycles. The largest absolute Gasteiger partial charge is 0.417 e. The van der Waals surface area contributed by atoms with Crippen LogP contribution in [0.25, 0.3) is 0 Å². The fraction of sp³-hybridized carbons (Fsp3) is 0.172. The molecule has 1 nitrogen and oxygen atoms in total. The van der Waals surface area contributed by atoms with Gasteiger partial charge in [0.25, 0.3) is 0 Å². The van der Waals surface area contributed by atoms with E-state index in [1.807, 2.05) is 0 Å². The summed E-state index contributed by atoms with van der Waals surface area (Å²) >= 11 is 0. The Morgan fingerprint density at radius 2 is 0.818 bits per heavy atom. The van der Waals surface area contributed by atoms with Gasteiger partial charge in [-0.25, -0.2) is 0 Å². The average Bonchev–Trinajstić information content (AvgIpc) is 2.86. The monoisotopic (exact) mass is 486 g/mol. The molecule has 0 saturated heterocycles. The Balaban J connectivity index is 1.99. The fourth-order valence-electron chi connectivity index (χ4n) is 4.40. The molecule has 0 bridgehead atoms. The van der Waals surface area contributed by atoms with Crippen LogP contribution in [0.4, 0.5) is 0 Å². The predicted molar refractivity (Wildman–Crippen MR) is 151 cm³/mol. The van der Waals surface area contributed by atoms with Gasteiger partial charge in [0.2, 0.25) is 0 Å². The van der Waals surface area contributed by atoms with Gasteiger partial charge in [-0.1, -0.05) is 121 Å². The zero-order valence-corrected chi connectivity index (χ0v) is 22.4. The molecule has 33 heavy (non-hydrogen) atoms. The molecule has 0 saturated carbocycles. The summed E-state index contributed by atoms with van der Waals surface area (Å²) in [4.78, 5) is 0. The molecule has 0 unspecified atom stereocenters. The third kappa shape index (κ3) is 5.71. The Morgan fingerprint density at radius 1 is 0.545 bits per heavy atom. The quantitative estimate of drug-likeness (QED) is 0.198. The van der Waals surface area contributed by atoms with E-state index < -0.39 is 24.2 Å². The maximum atomic E-state index is 6.71. The maximum absolute atomic E-state index is 6.71. The van der Waals surface area contributed by atoms with E-state index in [1.54, 1.807) is 0 Å². The smallest absolute Gasteiger partial charge is 0.199 e. The Hall–Kier alpha value is -2.08. The van der Waals surface area contributed by atoms with Crippen molar-refractivity contribution in [3.8, 4) is 0 Å². The molecule has 0 spiro atoms. The zero-order chi connectivity index (χ0) is 23.1. The first-order chi connectivity index (χ1) is 16.1. The molecule has 0 aliphatic carbocycles. The first kappa shape index (κ1) is 24.1. The number of hydrogen-bond donors (Lipinski definition) is 0. The summed E-state index contributed by atoms with van der Waals surface area (Å²) in [6.45, 7) is 7.77. The predicted octanol–water partition coefficient (Wildman–Crippen LogP) is 6.36. The standard InChI is InChI=1S/C29H32OP2Si/c1-4-30-33(2,3)29(31(25-17-9-5-10-18-25)26-19-11-6-12-20-26)32(27-21-13-7-14-22-27)28-23-15-8-16-24-28/h5-24,29H,4H2,1-3H3. The van der Waals surface area contributed by atoms with Crippen LogP contribution in [0, 0.1) is 0 Å². The molecular weight excluding hydrogens is 454 g/mol. The molecule has 168 valence electrons. The molecule has 4 aromatic rings. The molecule has 0 aliphatic heterocycles. The van der Waals surface area contributed by atoms with Gasteiger partial charge in [-0.15, -0.1) is 0 Å². The summed E-state index contributed by atoms with van der Waals surface area (Å²) in [5.74, 6) is 0. The molecule has 0 radical (unpaired) electrons. The lowest BCUT2D eigenvalue weighted by Crippen LogP contribution is -2.48. The minimum absolute atomic E-state index is 0.428. The van der Waals surface area contributed by atoms with Crippen molar-refractivity contribution < 1.29 is 4.43 Å². The lowest BCUT2D eigenvalue weighted by Gasteiger charge is -2.43. The first-order valence-electron chi connectivity index (χ1n) is 11.5. The van der Waals surface area contributed by atoms with Gasteiger partial charge in [-0.3, -0.25) is 0 Å². The summed E-state index contributed by atoms with van der Waals surface area (Å²) in [5.41, 5.74) is 0. The Morgan fingerprint density at radius 3 is 1.06 bits per heavy atom. The SMILES string of the molecule is CCO[Si](C)(C)C(P(c1ccccc1)c1ccccc1)P(c1ccccc1)c1ccccc1. The van der Waals surface area contributed by atoms with E-state index in [-0.39, 0.29) is 0 Å². The Labute approximate surface area is 202 Å². The third-order valence-corrected chi connectivity index (χ3v) is 19.1. The maximum Gasteiger partial charge on any atom is 0.199 e. The highest BCUT2D eigenvalue weighted by atomic mass is 31.2.